The third-order valence-electron chi connectivity index (χ3n) is 4.48. The van der Waals surface area contributed by atoms with Crippen molar-refractivity contribution in [3.63, 3.8) is 0 Å². The fraction of sp³-hybridized carbons (Fsp3) is 0.286. The van der Waals surface area contributed by atoms with Crippen molar-refractivity contribution in [3.8, 4) is 0 Å². The molecular weight excluding hydrogens is 391 g/mol. The van der Waals surface area contributed by atoms with Gasteiger partial charge in [-0.2, -0.15) is 0 Å². The van der Waals surface area contributed by atoms with Crippen LogP contribution >= 0.6 is 12.2 Å². The number of thiocarbonyl (C=S) groups is 1. The van der Waals surface area contributed by atoms with Gasteiger partial charge in [0.15, 0.2) is 5.11 Å². The molecule has 0 aromatic heterocycles. The molecule has 0 bridgehead atoms. The van der Waals surface area contributed by atoms with Crippen LogP contribution in [-0.4, -0.2) is 23.0 Å². The van der Waals surface area contributed by atoms with E-state index in [9.17, 15) is 14.0 Å². The van der Waals surface area contributed by atoms with Gasteiger partial charge in [0.2, 0.25) is 0 Å². The monoisotopic (exact) mass is 416 g/mol. The number of hydrogen-bond acceptors (Lipinski definition) is 3. The first-order chi connectivity index (χ1) is 13.9. The quantitative estimate of drug-likeness (QED) is 0.412. The fourth-order valence-corrected chi connectivity index (χ4v) is 2.66. The third-order valence-corrected chi connectivity index (χ3v) is 4.73. The Morgan fingerprint density at radius 2 is 1.69 bits per heavy atom. The lowest BCUT2D eigenvalue weighted by Gasteiger charge is -2.24. The van der Waals surface area contributed by atoms with Gasteiger partial charge < -0.3 is 10.6 Å². The maximum atomic E-state index is 12.9. The Hall–Kier alpha value is -3.00. The van der Waals surface area contributed by atoms with Gasteiger partial charge in [-0.15, -0.1) is 0 Å². The molecule has 0 aliphatic heterocycles. The molecule has 0 unspecified atom stereocenters. The first-order valence-electron chi connectivity index (χ1n) is 9.34. The zero-order valence-electron chi connectivity index (χ0n) is 16.4. The standard InChI is InChI=1S/C21H25FN4O2S/c1-3-14(2)18(24-19(27)16-7-5-4-6-8-16)20(28)25-26-21(29)23-13-15-9-11-17(22)12-10-15/h4-12,14,18H,3,13H2,1-2H3,(H,24,27)(H,25,28)(H2,23,26,29)/t14-,18-/m0/s1. The van der Waals surface area contributed by atoms with Gasteiger partial charge in [0.05, 0.1) is 0 Å². The molecule has 0 aliphatic rings. The predicted molar refractivity (Wildman–Crippen MR) is 114 cm³/mol. The summed E-state index contributed by atoms with van der Waals surface area (Å²) in [5.41, 5.74) is 6.49. The van der Waals surface area contributed by atoms with Crippen molar-refractivity contribution < 1.29 is 14.0 Å². The summed E-state index contributed by atoms with van der Waals surface area (Å²) in [6, 6.07) is 14.0. The fourth-order valence-electron chi connectivity index (χ4n) is 2.54. The SMILES string of the molecule is CC[C@H](C)[C@H](NC(=O)c1ccccc1)C(=O)NNC(=S)NCc1ccc(F)cc1. The van der Waals surface area contributed by atoms with Crippen molar-refractivity contribution in [2.75, 3.05) is 0 Å². The highest BCUT2D eigenvalue weighted by Crippen LogP contribution is 2.09. The summed E-state index contributed by atoms with van der Waals surface area (Å²) < 4.78 is 12.9. The average Bonchev–Trinajstić information content (AvgIpc) is 2.75. The molecule has 8 heteroatoms. The number of hydrogen-bond donors (Lipinski definition) is 4. The highest BCUT2D eigenvalue weighted by Gasteiger charge is 2.26. The van der Waals surface area contributed by atoms with Gasteiger partial charge in [0.1, 0.15) is 11.9 Å². The summed E-state index contributed by atoms with van der Waals surface area (Å²) in [7, 11) is 0. The van der Waals surface area contributed by atoms with E-state index in [0.717, 1.165) is 5.56 Å². The summed E-state index contributed by atoms with van der Waals surface area (Å²) >= 11 is 5.14. The van der Waals surface area contributed by atoms with Crippen LogP contribution in [0.2, 0.25) is 0 Å². The first-order valence-corrected chi connectivity index (χ1v) is 9.75. The second-order valence-electron chi connectivity index (χ2n) is 6.63. The minimum absolute atomic E-state index is 0.0785. The minimum atomic E-state index is -0.722. The maximum absolute atomic E-state index is 12.9. The zero-order chi connectivity index (χ0) is 21.2. The molecule has 0 saturated heterocycles. The summed E-state index contributed by atoms with van der Waals surface area (Å²) in [6.45, 7) is 4.21. The highest BCUT2D eigenvalue weighted by atomic mass is 32.1. The van der Waals surface area contributed by atoms with E-state index in [-0.39, 0.29) is 22.8 Å². The van der Waals surface area contributed by atoms with Crippen LogP contribution in [0.15, 0.2) is 54.6 Å². The molecule has 2 rings (SSSR count). The average molecular weight is 417 g/mol. The van der Waals surface area contributed by atoms with E-state index < -0.39 is 11.9 Å². The largest absolute Gasteiger partial charge is 0.357 e. The number of amides is 2. The molecule has 0 spiro atoms. The lowest BCUT2D eigenvalue weighted by molar-refractivity contribution is -0.124. The van der Waals surface area contributed by atoms with E-state index in [0.29, 0.717) is 18.5 Å². The number of hydrazine groups is 1. The van der Waals surface area contributed by atoms with Gasteiger partial charge in [-0.3, -0.25) is 20.4 Å². The van der Waals surface area contributed by atoms with Gasteiger partial charge in [0.25, 0.3) is 11.8 Å². The lowest BCUT2D eigenvalue weighted by atomic mass is 9.98. The van der Waals surface area contributed by atoms with Gasteiger partial charge in [-0.25, -0.2) is 4.39 Å². The molecule has 2 atom stereocenters. The Morgan fingerprint density at radius 3 is 2.31 bits per heavy atom. The van der Waals surface area contributed by atoms with Crippen LogP contribution in [0.25, 0.3) is 0 Å². The number of carbonyl (C=O) groups is 2. The van der Waals surface area contributed by atoms with Crippen LogP contribution in [-0.2, 0) is 11.3 Å². The van der Waals surface area contributed by atoms with E-state index in [4.69, 9.17) is 12.2 Å². The zero-order valence-corrected chi connectivity index (χ0v) is 17.2. The third kappa shape index (κ3) is 7.15. The Balaban J connectivity index is 1.87. The molecular formula is C21H25FN4O2S. The molecule has 4 N–H and O–H groups in total. The van der Waals surface area contributed by atoms with Crippen LogP contribution in [0.5, 0.6) is 0 Å². The molecule has 29 heavy (non-hydrogen) atoms. The molecule has 0 radical (unpaired) electrons. The molecule has 0 aliphatic carbocycles. The van der Waals surface area contributed by atoms with Crippen LogP contribution in [0.1, 0.15) is 36.2 Å². The summed E-state index contributed by atoms with van der Waals surface area (Å²) in [6.07, 6.45) is 0.709. The van der Waals surface area contributed by atoms with Crippen molar-refractivity contribution in [1.82, 2.24) is 21.5 Å². The number of nitrogens with one attached hydrogen (secondary N) is 4. The van der Waals surface area contributed by atoms with Crippen molar-refractivity contribution in [2.45, 2.75) is 32.9 Å². The van der Waals surface area contributed by atoms with Crippen LogP contribution in [0.4, 0.5) is 4.39 Å². The van der Waals surface area contributed by atoms with Crippen LogP contribution < -0.4 is 21.5 Å². The van der Waals surface area contributed by atoms with Gasteiger partial charge in [-0.1, -0.05) is 50.6 Å². The lowest BCUT2D eigenvalue weighted by Crippen LogP contribution is -2.56. The Kier molecular flexibility index (Phi) is 8.54. The second kappa shape index (κ2) is 11.1. The molecule has 0 saturated carbocycles. The second-order valence-corrected chi connectivity index (χ2v) is 7.03. The molecule has 0 fully saturated rings. The van der Waals surface area contributed by atoms with E-state index in [2.05, 4.69) is 21.5 Å². The van der Waals surface area contributed by atoms with Crippen LogP contribution in [0.3, 0.4) is 0 Å². The summed E-state index contributed by atoms with van der Waals surface area (Å²) in [4.78, 5) is 25.0. The minimum Gasteiger partial charge on any atom is -0.357 e. The predicted octanol–water partition coefficient (Wildman–Crippen LogP) is 2.67. The van der Waals surface area contributed by atoms with Gasteiger partial charge in [-0.05, 0) is 48.0 Å². The normalized spacial score (nSPS) is 12.4. The smallest absolute Gasteiger partial charge is 0.261 e. The van der Waals surface area contributed by atoms with E-state index in [1.54, 1.807) is 36.4 Å². The Morgan fingerprint density at radius 1 is 1.03 bits per heavy atom. The topological polar surface area (TPSA) is 82.3 Å². The highest BCUT2D eigenvalue weighted by molar-refractivity contribution is 7.80. The van der Waals surface area contributed by atoms with Gasteiger partial charge >= 0.3 is 0 Å². The maximum Gasteiger partial charge on any atom is 0.261 e. The van der Waals surface area contributed by atoms with Crippen LogP contribution in [0, 0.1) is 11.7 Å². The number of benzene rings is 2. The number of rotatable bonds is 7. The number of halogens is 1. The van der Waals surface area contributed by atoms with Gasteiger partial charge in [0, 0.05) is 12.1 Å². The van der Waals surface area contributed by atoms with Crippen molar-refractivity contribution in [2.24, 2.45) is 5.92 Å². The summed E-state index contributed by atoms with van der Waals surface area (Å²) in [5, 5.41) is 5.91. The first kappa shape index (κ1) is 22.3. The molecule has 0 heterocycles. The Labute approximate surface area is 175 Å². The van der Waals surface area contributed by atoms with E-state index >= 15 is 0 Å². The molecule has 2 aromatic carbocycles. The van der Waals surface area contributed by atoms with Crippen molar-refractivity contribution in [3.05, 3.63) is 71.5 Å². The van der Waals surface area contributed by atoms with Crippen molar-refractivity contribution >= 4 is 29.1 Å². The Bertz CT molecular complexity index is 830. The molecule has 2 amide bonds. The van der Waals surface area contributed by atoms with E-state index in [1.807, 2.05) is 19.9 Å². The van der Waals surface area contributed by atoms with Crippen molar-refractivity contribution in [1.29, 1.82) is 0 Å². The number of carbonyl (C=O) groups excluding carboxylic acids is 2. The molecule has 6 nitrogen and oxygen atoms in total. The van der Waals surface area contributed by atoms with E-state index in [1.165, 1.54) is 12.1 Å². The molecule has 154 valence electrons. The summed E-state index contributed by atoms with van der Waals surface area (Å²) in [5.74, 6) is -1.10. The molecule has 2 aromatic rings.